The summed E-state index contributed by atoms with van der Waals surface area (Å²) in [6.45, 7) is 2.01. The first kappa shape index (κ1) is 32.5. The third kappa shape index (κ3) is 6.40. The van der Waals surface area contributed by atoms with E-state index >= 15 is 4.39 Å². The summed E-state index contributed by atoms with van der Waals surface area (Å²) in [5, 5.41) is 2.49. The number of anilines is 1. The van der Waals surface area contributed by atoms with Crippen LogP contribution in [0.2, 0.25) is 5.02 Å². The predicted molar refractivity (Wildman–Crippen MR) is 180 cm³/mol. The molecule has 0 N–H and O–H groups in total. The van der Waals surface area contributed by atoms with Crippen LogP contribution in [-0.4, -0.2) is 114 Å². The van der Waals surface area contributed by atoms with Crippen LogP contribution in [0.15, 0.2) is 54.7 Å². The summed E-state index contributed by atoms with van der Waals surface area (Å²) >= 11 is 6.59. The molecule has 0 unspecified atom stereocenters. The molecule has 4 aromatic rings. The highest BCUT2D eigenvalue weighted by Gasteiger charge is 2.43. The van der Waals surface area contributed by atoms with Crippen molar-refractivity contribution in [3.8, 4) is 17.3 Å². The summed E-state index contributed by atoms with van der Waals surface area (Å²) < 4.78 is 49.0. The number of alkyl halides is 2. The zero-order chi connectivity index (χ0) is 33.6. The summed E-state index contributed by atoms with van der Waals surface area (Å²) in [6.07, 6.45) is 7.40. The lowest BCUT2D eigenvalue weighted by atomic mass is 10.0. The standard InChI is InChI=1S/C35H37ClF3N7O2/c1-43-14-5-9-24(43)19-48-34-41-32-26(17-40-31(30(32)37)25-10-3-7-22-8-4-11-27(36)29(22)25)33(42-34)44(2)23-13-16-46(18-23)28(47)12-6-15-45-20-35(38,39)21-45/h3-4,6-8,10-12,17,23-24H,5,9,13-16,18-21H2,1-2H3/b12-6+/t23-,24+/m1/s1. The van der Waals surface area contributed by atoms with E-state index in [1.807, 2.05) is 36.2 Å². The molecular formula is C35H37ClF3N7O2. The minimum Gasteiger partial charge on any atom is -0.462 e. The fourth-order valence-electron chi connectivity index (χ4n) is 6.97. The molecule has 5 heterocycles. The second-order valence-electron chi connectivity index (χ2n) is 13.0. The van der Waals surface area contributed by atoms with Gasteiger partial charge in [-0.15, -0.1) is 0 Å². The minimum absolute atomic E-state index is 0.0714. The lowest BCUT2D eigenvalue weighted by Crippen LogP contribution is -2.55. The van der Waals surface area contributed by atoms with Crippen molar-refractivity contribution in [3.63, 3.8) is 0 Å². The predicted octanol–water partition coefficient (Wildman–Crippen LogP) is 5.65. The van der Waals surface area contributed by atoms with Gasteiger partial charge in [-0.25, -0.2) is 13.2 Å². The number of amides is 1. The van der Waals surface area contributed by atoms with Gasteiger partial charge < -0.3 is 19.4 Å². The molecule has 0 saturated carbocycles. The minimum atomic E-state index is -2.64. The van der Waals surface area contributed by atoms with Gasteiger partial charge in [0.1, 0.15) is 23.6 Å². The number of pyridine rings is 1. The third-order valence-corrected chi connectivity index (χ3v) is 10.0. The number of carbonyl (C=O) groups is 1. The number of nitrogens with zero attached hydrogens (tertiary/aromatic N) is 7. The Bertz CT molecular complexity index is 1880. The van der Waals surface area contributed by atoms with E-state index in [1.54, 1.807) is 34.2 Å². The number of aromatic nitrogens is 3. The van der Waals surface area contributed by atoms with E-state index in [1.165, 1.54) is 6.08 Å². The van der Waals surface area contributed by atoms with Gasteiger partial charge in [-0.1, -0.05) is 48.0 Å². The Morgan fingerprint density at radius 2 is 1.94 bits per heavy atom. The Hall–Kier alpha value is -4.00. The van der Waals surface area contributed by atoms with Crippen LogP contribution in [0.3, 0.4) is 0 Å². The van der Waals surface area contributed by atoms with Gasteiger partial charge in [-0.3, -0.25) is 14.7 Å². The van der Waals surface area contributed by atoms with E-state index in [4.69, 9.17) is 21.3 Å². The van der Waals surface area contributed by atoms with Crippen molar-refractivity contribution in [3.05, 3.63) is 65.6 Å². The molecule has 3 aliphatic heterocycles. The summed E-state index contributed by atoms with van der Waals surface area (Å²) in [5.41, 5.74) is 0.768. The number of likely N-dealkylation sites (tertiary alicyclic amines) is 3. The van der Waals surface area contributed by atoms with E-state index in [-0.39, 0.29) is 48.3 Å². The van der Waals surface area contributed by atoms with Crippen LogP contribution in [0.25, 0.3) is 32.9 Å². The molecule has 9 nitrogen and oxygen atoms in total. The zero-order valence-electron chi connectivity index (χ0n) is 26.9. The molecule has 13 heteroatoms. The van der Waals surface area contributed by atoms with Gasteiger partial charge in [0.25, 0.3) is 5.92 Å². The van der Waals surface area contributed by atoms with Crippen molar-refractivity contribution in [2.24, 2.45) is 0 Å². The molecule has 0 radical (unpaired) electrons. The zero-order valence-corrected chi connectivity index (χ0v) is 27.6. The van der Waals surface area contributed by atoms with Gasteiger partial charge in [0, 0.05) is 67.0 Å². The molecule has 0 bridgehead atoms. The first-order chi connectivity index (χ1) is 23.1. The van der Waals surface area contributed by atoms with Gasteiger partial charge in [0.2, 0.25) is 5.91 Å². The summed E-state index contributed by atoms with van der Waals surface area (Å²) in [6, 6.07) is 11.3. The lowest BCUT2D eigenvalue weighted by molar-refractivity contribution is -0.126. The number of likely N-dealkylation sites (N-methyl/N-ethyl adjacent to an activating group) is 2. The van der Waals surface area contributed by atoms with E-state index < -0.39 is 11.7 Å². The average Bonchev–Trinajstić information content (AvgIpc) is 3.72. The molecule has 2 aromatic heterocycles. The van der Waals surface area contributed by atoms with Gasteiger partial charge in [-0.05, 0) is 44.3 Å². The van der Waals surface area contributed by atoms with Gasteiger partial charge in [0.15, 0.2) is 5.82 Å². The van der Waals surface area contributed by atoms with E-state index in [0.717, 1.165) is 24.8 Å². The number of carbonyl (C=O) groups excluding carboxylic acids is 1. The molecule has 0 aliphatic carbocycles. The van der Waals surface area contributed by atoms with Crippen molar-refractivity contribution in [2.45, 2.75) is 37.3 Å². The van der Waals surface area contributed by atoms with Crippen LogP contribution in [0.4, 0.5) is 19.0 Å². The Morgan fingerprint density at radius 3 is 2.69 bits per heavy atom. The SMILES string of the molecule is CN1CCC[C@H]1COc1nc(N(C)[C@@H]2CCN(C(=O)/C=C/CN3CC(F)(F)C3)C2)c2cnc(-c3cccc4cccc(Cl)c34)c(F)c2n1. The number of fused-ring (bicyclic) bond motifs is 2. The molecule has 7 rings (SSSR count). The Morgan fingerprint density at radius 1 is 1.15 bits per heavy atom. The van der Waals surface area contributed by atoms with Crippen LogP contribution >= 0.6 is 11.6 Å². The fourth-order valence-corrected chi connectivity index (χ4v) is 7.26. The molecular weight excluding hydrogens is 643 g/mol. The Balaban J connectivity index is 1.18. The Labute approximate surface area is 281 Å². The summed E-state index contributed by atoms with van der Waals surface area (Å²) in [4.78, 5) is 34.4. The lowest BCUT2D eigenvalue weighted by Gasteiger charge is -2.37. The number of ether oxygens (including phenoxy) is 1. The molecule has 0 spiro atoms. The monoisotopic (exact) mass is 679 g/mol. The van der Waals surface area contributed by atoms with Crippen molar-refractivity contribution in [1.29, 1.82) is 0 Å². The highest BCUT2D eigenvalue weighted by molar-refractivity contribution is 6.36. The molecule has 3 aliphatic rings. The maximum absolute atomic E-state index is 16.7. The smallest absolute Gasteiger partial charge is 0.319 e. The Kier molecular flexibility index (Phi) is 8.90. The number of halogens is 4. The molecule has 2 atom stereocenters. The second-order valence-corrected chi connectivity index (χ2v) is 13.4. The number of hydrogen-bond acceptors (Lipinski definition) is 8. The molecule has 3 saturated heterocycles. The summed E-state index contributed by atoms with van der Waals surface area (Å²) in [7, 11) is 3.92. The molecule has 3 fully saturated rings. The van der Waals surface area contributed by atoms with Crippen LogP contribution in [0.5, 0.6) is 6.01 Å². The van der Waals surface area contributed by atoms with Gasteiger partial charge in [-0.2, -0.15) is 9.97 Å². The van der Waals surface area contributed by atoms with Crippen molar-refractivity contribution < 1.29 is 22.7 Å². The highest BCUT2D eigenvalue weighted by atomic mass is 35.5. The first-order valence-corrected chi connectivity index (χ1v) is 16.6. The largest absolute Gasteiger partial charge is 0.462 e. The number of rotatable bonds is 9. The van der Waals surface area contributed by atoms with Crippen LogP contribution in [0.1, 0.15) is 19.3 Å². The van der Waals surface area contributed by atoms with E-state index in [9.17, 15) is 13.6 Å². The summed E-state index contributed by atoms with van der Waals surface area (Å²) in [5.74, 6) is -2.97. The number of benzene rings is 2. The maximum Gasteiger partial charge on any atom is 0.319 e. The van der Waals surface area contributed by atoms with Gasteiger partial charge >= 0.3 is 6.01 Å². The van der Waals surface area contributed by atoms with Crippen LogP contribution in [-0.2, 0) is 4.79 Å². The van der Waals surface area contributed by atoms with Crippen molar-refractivity contribution in [1.82, 2.24) is 29.7 Å². The molecule has 1 amide bonds. The van der Waals surface area contributed by atoms with Crippen LogP contribution in [0, 0.1) is 5.82 Å². The second kappa shape index (κ2) is 13.1. The molecule has 48 heavy (non-hydrogen) atoms. The fraction of sp³-hybridized carbons (Fsp3) is 0.429. The average molecular weight is 680 g/mol. The van der Waals surface area contributed by atoms with Crippen LogP contribution < -0.4 is 9.64 Å². The highest BCUT2D eigenvalue weighted by Crippen LogP contribution is 2.38. The van der Waals surface area contributed by atoms with E-state index in [2.05, 4.69) is 21.9 Å². The third-order valence-electron chi connectivity index (χ3n) is 9.72. The molecule has 252 valence electrons. The quantitative estimate of drug-likeness (QED) is 0.210. The maximum atomic E-state index is 16.7. The number of hydrogen-bond donors (Lipinski definition) is 0. The topological polar surface area (TPSA) is 77.9 Å². The van der Waals surface area contributed by atoms with Crippen molar-refractivity contribution >= 4 is 45.0 Å². The first-order valence-electron chi connectivity index (χ1n) is 16.2. The van der Waals surface area contributed by atoms with Gasteiger partial charge in [0.05, 0.1) is 18.5 Å². The van der Waals surface area contributed by atoms with Crippen molar-refractivity contribution in [2.75, 3.05) is 64.9 Å². The normalized spacial score (nSPS) is 21.4. The van der Waals surface area contributed by atoms with E-state index in [0.29, 0.717) is 59.8 Å². The molecule has 2 aromatic carbocycles.